The van der Waals surface area contributed by atoms with Gasteiger partial charge in [0, 0.05) is 24.4 Å². The van der Waals surface area contributed by atoms with Crippen molar-refractivity contribution in [2.24, 2.45) is 0 Å². The third-order valence-corrected chi connectivity index (χ3v) is 8.42. The highest BCUT2D eigenvalue weighted by Crippen LogP contribution is 2.59. The average molecular weight is 619 g/mol. The molecule has 2 heterocycles. The number of H-pyrrole nitrogens is 1. The van der Waals surface area contributed by atoms with Gasteiger partial charge in [-0.2, -0.15) is 0 Å². The van der Waals surface area contributed by atoms with Crippen LogP contribution in [0.1, 0.15) is 22.3 Å². The summed E-state index contributed by atoms with van der Waals surface area (Å²) >= 11 is 0. The Bertz CT molecular complexity index is 1670. The second-order valence-corrected chi connectivity index (χ2v) is 10.8. The molecule has 45 heavy (non-hydrogen) atoms. The number of hydrogen-bond acceptors (Lipinski definition) is 9. The van der Waals surface area contributed by atoms with E-state index in [1.54, 1.807) is 19.1 Å². The van der Waals surface area contributed by atoms with Crippen LogP contribution in [-0.2, 0) is 25.4 Å². The van der Waals surface area contributed by atoms with E-state index in [0.717, 1.165) is 0 Å². The van der Waals surface area contributed by atoms with Gasteiger partial charge in [0.15, 0.2) is 17.2 Å². The Kier molecular flexibility index (Phi) is 9.56. The lowest BCUT2D eigenvalue weighted by molar-refractivity contribution is -0.180. The van der Waals surface area contributed by atoms with E-state index in [2.05, 4.69) is 4.98 Å². The molecule has 0 saturated carbocycles. The van der Waals surface area contributed by atoms with Crippen molar-refractivity contribution in [3.63, 3.8) is 0 Å². The smallest absolute Gasteiger partial charge is 0.330 e. The second kappa shape index (κ2) is 13.4. The van der Waals surface area contributed by atoms with Crippen LogP contribution in [0.15, 0.2) is 94.6 Å². The molecule has 0 unspecified atom stereocenters. The van der Waals surface area contributed by atoms with E-state index < -0.39 is 47.3 Å². The zero-order chi connectivity index (χ0) is 32.2. The molecule has 5 rings (SSSR count). The van der Waals surface area contributed by atoms with E-state index in [-0.39, 0.29) is 18.8 Å². The highest BCUT2D eigenvalue weighted by molar-refractivity contribution is 5.62. The van der Waals surface area contributed by atoms with E-state index in [0.29, 0.717) is 28.2 Å². The summed E-state index contributed by atoms with van der Waals surface area (Å²) in [6.45, 7) is 1.28. The summed E-state index contributed by atoms with van der Waals surface area (Å²) in [5.74, 6) is 0.715. The molecule has 4 atom stereocenters. The molecular formula is C34H38N2O9. The third-order valence-electron chi connectivity index (χ3n) is 8.42. The summed E-state index contributed by atoms with van der Waals surface area (Å²) in [6, 6.07) is 23.8. The molecule has 0 amide bonds. The number of ether oxygens (including phenoxy) is 5. The molecule has 0 aliphatic carbocycles. The molecule has 238 valence electrons. The zero-order valence-electron chi connectivity index (χ0n) is 25.6. The number of para-hydroxylation sites is 1. The van der Waals surface area contributed by atoms with Crippen LogP contribution < -0.4 is 20.7 Å². The average Bonchev–Trinajstić information content (AvgIpc) is 3.35. The predicted octanol–water partition coefficient (Wildman–Crippen LogP) is 2.33. The largest absolute Gasteiger partial charge is 0.493 e. The molecule has 3 N–H and O–H groups in total. The first kappa shape index (κ1) is 32.1. The number of hydrogen-bond donors (Lipinski definition) is 3. The first-order valence-corrected chi connectivity index (χ1v) is 14.5. The maximum Gasteiger partial charge on any atom is 0.330 e. The molecular weight excluding hydrogens is 580 g/mol. The molecule has 1 fully saturated rings. The van der Waals surface area contributed by atoms with E-state index >= 15 is 0 Å². The van der Waals surface area contributed by atoms with Gasteiger partial charge in [-0.05, 0) is 24.1 Å². The highest BCUT2D eigenvalue weighted by atomic mass is 16.6. The fraction of sp³-hybridized carbons (Fsp3) is 0.353. The summed E-state index contributed by atoms with van der Waals surface area (Å²) in [7, 11) is 4.54. The maximum atomic E-state index is 14.0. The first-order valence-electron chi connectivity index (χ1n) is 14.5. The van der Waals surface area contributed by atoms with E-state index in [1.165, 1.54) is 32.1 Å². The Morgan fingerprint density at radius 2 is 1.56 bits per heavy atom. The Hall–Kier alpha value is -4.26. The Morgan fingerprint density at radius 1 is 0.911 bits per heavy atom. The van der Waals surface area contributed by atoms with Gasteiger partial charge in [0.25, 0.3) is 5.56 Å². The zero-order valence-corrected chi connectivity index (χ0v) is 25.6. The monoisotopic (exact) mass is 618 g/mol. The minimum absolute atomic E-state index is 0.0693. The summed E-state index contributed by atoms with van der Waals surface area (Å²) in [5, 5.41) is 23.4. The number of nitrogens with zero attached hydrogens (tertiary/aromatic N) is 1. The molecule has 1 aliphatic heterocycles. The topological polar surface area (TPSA) is 141 Å². The molecule has 3 aromatic carbocycles. The van der Waals surface area contributed by atoms with Crippen LogP contribution in [0.25, 0.3) is 0 Å². The van der Waals surface area contributed by atoms with E-state index in [1.807, 2.05) is 66.7 Å². The number of aromatic nitrogens is 2. The Balaban J connectivity index is 2.05. The molecule has 1 aromatic heterocycles. The normalized spacial score (nSPS) is 21.5. The van der Waals surface area contributed by atoms with Gasteiger partial charge in [-0.25, -0.2) is 4.79 Å². The summed E-state index contributed by atoms with van der Waals surface area (Å²) in [4.78, 5) is 29.1. The molecule has 1 aliphatic rings. The molecule has 11 heteroatoms. The number of nitrogens with one attached hydrogen (secondary N) is 1. The van der Waals surface area contributed by atoms with Crippen molar-refractivity contribution in [1.82, 2.24) is 9.55 Å². The van der Waals surface area contributed by atoms with E-state index in [9.17, 15) is 19.8 Å². The van der Waals surface area contributed by atoms with Gasteiger partial charge >= 0.3 is 5.69 Å². The fourth-order valence-corrected chi connectivity index (χ4v) is 6.55. The molecule has 11 nitrogen and oxygen atoms in total. The standard InChI is InChI=1S/C34H38N2O9/c1-22-20-36(32(40)35-31(22)39)34(30(38)29(27(21-37)45-34)44-19-18-41-2)33(23-12-7-5-8-13-23,24-14-9-6-10-15-24)25-16-11-17-26(42-3)28(25)43-4/h5-17,20,27,29-30,37-38H,18-19,21H2,1-4H3,(H,35,39,40)/t27-,29-,30-,34+/m1/s1. The highest BCUT2D eigenvalue weighted by Gasteiger charge is 2.70. The quantitative estimate of drug-likeness (QED) is 0.161. The number of aliphatic hydroxyl groups excluding tert-OH is 2. The lowest BCUT2D eigenvalue weighted by Gasteiger charge is -2.51. The van der Waals surface area contributed by atoms with Crippen LogP contribution in [0.4, 0.5) is 0 Å². The van der Waals surface area contributed by atoms with Crippen molar-refractivity contribution >= 4 is 0 Å². The van der Waals surface area contributed by atoms with Crippen LogP contribution in [0, 0.1) is 6.92 Å². The minimum Gasteiger partial charge on any atom is -0.493 e. The van der Waals surface area contributed by atoms with Crippen LogP contribution >= 0.6 is 0 Å². The van der Waals surface area contributed by atoms with Crippen molar-refractivity contribution < 1.29 is 33.9 Å². The summed E-state index contributed by atoms with van der Waals surface area (Å²) < 4.78 is 31.2. The van der Waals surface area contributed by atoms with Crippen molar-refractivity contribution in [2.45, 2.75) is 36.4 Å². The summed E-state index contributed by atoms with van der Waals surface area (Å²) in [5.41, 5.74) is -3.26. The predicted molar refractivity (Wildman–Crippen MR) is 166 cm³/mol. The molecule has 1 saturated heterocycles. The number of aryl methyl sites for hydroxylation is 1. The van der Waals surface area contributed by atoms with Crippen LogP contribution in [-0.4, -0.2) is 79.2 Å². The van der Waals surface area contributed by atoms with Gasteiger partial charge < -0.3 is 33.9 Å². The lowest BCUT2D eigenvalue weighted by atomic mass is 9.60. The number of rotatable bonds is 12. The Morgan fingerprint density at radius 3 is 2.11 bits per heavy atom. The van der Waals surface area contributed by atoms with Gasteiger partial charge in [0.2, 0.25) is 0 Å². The van der Waals surface area contributed by atoms with Crippen molar-refractivity contribution in [3.8, 4) is 11.5 Å². The number of benzene rings is 3. The van der Waals surface area contributed by atoms with Crippen LogP contribution in [0.3, 0.4) is 0 Å². The molecule has 0 bridgehead atoms. The van der Waals surface area contributed by atoms with Crippen molar-refractivity contribution in [2.75, 3.05) is 41.2 Å². The maximum absolute atomic E-state index is 14.0. The van der Waals surface area contributed by atoms with Crippen LogP contribution in [0.5, 0.6) is 11.5 Å². The van der Waals surface area contributed by atoms with Gasteiger partial charge in [-0.3, -0.25) is 14.3 Å². The van der Waals surface area contributed by atoms with Crippen LogP contribution in [0.2, 0.25) is 0 Å². The molecule has 0 spiro atoms. The number of aromatic amines is 1. The SMILES string of the molecule is COCCO[C@H]1[C@@H](O)[C@@](n2cc(C)c(=O)[nH]c2=O)(C(c2ccccc2)(c2ccccc2)c2cccc(OC)c2OC)O[C@@H]1CO. The minimum atomic E-state index is -2.10. The second-order valence-electron chi connectivity index (χ2n) is 10.8. The number of methoxy groups -OCH3 is 3. The van der Waals surface area contributed by atoms with Gasteiger partial charge in [0.05, 0.1) is 34.0 Å². The number of aliphatic hydroxyl groups is 2. The molecule has 4 aromatic rings. The Labute approximate surface area is 260 Å². The first-order chi connectivity index (χ1) is 21.8. The van der Waals surface area contributed by atoms with Crippen molar-refractivity contribution in [1.29, 1.82) is 0 Å². The van der Waals surface area contributed by atoms with Gasteiger partial charge in [-0.15, -0.1) is 0 Å². The molecule has 0 radical (unpaired) electrons. The van der Waals surface area contributed by atoms with Gasteiger partial charge in [0.1, 0.15) is 23.7 Å². The van der Waals surface area contributed by atoms with Crippen molar-refractivity contribution in [3.05, 3.63) is 128 Å². The third kappa shape index (κ3) is 5.16. The van der Waals surface area contributed by atoms with E-state index in [4.69, 9.17) is 23.7 Å². The lowest BCUT2D eigenvalue weighted by Crippen LogP contribution is -2.64. The summed E-state index contributed by atoms with van der Waals surface area (Å²) in [6.07, 6.45) is -2.50. The van der Waals surface area contributed by atoms with Gasteiger partial charge in [-0.1, -0.05) is 72.8 Å². The fourth-order valence-electron chi connectivity index (χ4n) is 6.55.